The predicted molar refractivity (Wildman–Crippen MR) is 77.0 cm³/mol. The Labute approximate surface area is 128 Å². The highest BCUT2D eigenvalue weighted by atomic mass is 79.9. The van der Waals surface area contributed by atoms with Crippen molar-refractivity contribution in [3.63, 3.8) is 0 Å². The van der Waals surface area contributed by atoms with Crippen LogP contribution < -0.4 is 9.64 Å². The molecular formula is C14H10BrNO5. The zero-order chi connectivity index (χ0) is 15.0. The van der Waals surface area contributed by atoms with Gasteiger partial charge in [0, 0.05) is 0 Å². The molecular weight excluding hydrogens is 342 g/mol. The van der Waals surface area contributed by atoms with Crippen LogP contribution in [0.3, 0.4) is 0 Å². The number of para-hydroxylation sites is 1. The fourth-order valence-corrected chi connectivity index (χ4v) is 2.63. The zero-order valence-corrected chi connectivity index (χ0v) is 12.3. The van der Waals surface area contributed by atoms with E-state index >= 15 is 0 Å². The third-order valence-corrected chi connectivity index (χ3v) is 3.78. The molecule has 0 unspecified atom stereocenters. The van der Waals surface area contributed by atoms with Crippen LogP contribution in [0.5, 0.6) is 5.75 Å². The van der Waals surface area contributed by atoms with Crippen molar-refractivity contribution in [3.05, 3.63) is 46.3 Å². The molecule has 0 saturated carbocycles. The molecule has 0 spiro atoms. The van der Waals surface area contributed by atoms with E-state index in [9.17, 15) is 14.7 Å². The highest BCUT2D eigenvalue weighted by Gasteiger charge is 2.29. The quantitative estimate of drug-likeness (QED) is 0.899. The number of nitrogens with zero attached hydrogens (tertiary/aromatic N) is 1. The molecule has 1 aliphatic heterocycles. The van der Waals surface area contributed by atoms with Gasteiger partial charge in [-0.25, -0.2) is 4.79 Å². The third kappa shape index (κ3) is 2.29. The standard InChI is InChI=1S/C14H10BrNO5/c15-12-9(4-6-21-12)13(17)16-5-7-20-11-8(14(18)19)2-1-3-10(11)16/h1-4,6H,5,7H2,(H,18,19). The molecule has 1 aliphatic rings. The van der Waals surface area contributed by atoms with Crippen LogP contribution in [0.4, 0.5) is 5.69 Å². The molecule has 3 rings (SSSR count). The number of rotatable bonds is 2. The van der Waals surface area contributed by atoms with Crippen molar-refractivity contribution in [1.29, 1.82) is 0 Å². The summed E-state index contributed by atoms with van der Waals surface area (Å²) in [6, 6.07) is 6.25. The molecule has 1 N–H and O–H groups in total. The lowest BCUT2D eigenvalue weighted by Gasteiger charge is -2.30. The van der Waals surface area contributed by atoms with Gasteiger partial charge in [0.25, 0.3) is 5.91 Å². The van der Waals surface area contributed by atoms with Gasteiger partial charge in [-0.1, -0.05) is 6.07 Å². The molecule has 2 aromatic rings. The van der Waals surface area contributed by atoms with E-state index in [0.717, 1.165) is 0 Å². The largest absolute Gasteiger partial charge is 0.489 e. The Balaban J connectivity index is 2.05. The molecule has 6 nitrogen and oxygen atoms in total. The van der Waals surface area contributed by atoms with Crippen LogP contribution in [0.25, 0.3) is 0 Å². The highest BCUT2D eigenvalue weighted by molar-refractivity contribution is 9.10. The predicted octanol–water partition coefficient (Wildman–Crippen LogP) is 2.78. The number of aromatic carboxylic acids is 1. The maximum atomic E-state index is 12.6. The molecule has 2 heterocycles. The Hall–Kier alpha value is -2.28. The van der Waals surface area contributed by atoms with Crippen molar-refractivity contribution in [2.75, 3.05) is 18.1 Å². The van der Waals surface area contributed by atoms with Gasteiger partial charge in [0.1, 0.15) is 12.2 Å². The van der Waals surface area contributed by atoms with Crippen LogP contribution in [-0.2, 0) is 0 Å². The number of hydrogen-bond acceptors (Lipinski definition) is 4. The van der Waals surface area contributed by atoms with Crippen molar-refractivity contribution in [1.82, 2.24) is 0 Å². The van der Waals surface area contributed by atoms with Gasteiger partial charge < -0.3 is 19.2 Å². The number of anilines is 1. The Morgan fingerprint density at radius 3 is 2.71 bits per heavy atom. The molecule has 1 aromatic carbocycles. The molecule has 108 valence electrons. The monoisotopic (exact) mass is 351 g/mol. The second kappa shape index (κ2) is 5.25. The van der Waals surface area contributed by atoms with E-state index in [-0.39, 0.29) is 23.8 Å². The number of carboxylic acids is 1. The van der Waals surface area contributed by atoms with Gasteiger partial charge in [-0.3, -0.25) is 4.79 Å². The average Bonchev–Trinajstić information content (AvgIpc) is 2.91. The lowest BCUT2D eigenvalue weighted by atomic mass is 10.1. The van der Waals surface area contributed by atoms with Crippen LogP contribution in [-0.4, -0.2) is 30.1 Å². The van der Waals surface area contributed by atoms with Gasteiger partial charge in [-0.2, -0.15) is 0 Å². The third-order valence-electron chi connectivity index (χ3n) is 3.17. The summed E-state index contributed by atoms with van der Waals surface area (Å²) in [7, 11) is 0. The Kier molecular flexibility index (Phi) is 3.42. The second-order valence-corrected chi connectivity index (χ2v) is 5.09. The SMILES string of the molecule is O=C(O)c1cccc2c1OCCN2C(=O)c1ccoc1Br. The van der Waals surface area contributed by atoms with Crippen molar-refractivity contribution in [2.24, 2.45) is 0 Å². The van der Waals surface area contributed by atoms with Crippen LogP contribution in [0.2, 0.25) is 0 Å². The van der Waals surface area contributed by atoms with Crippen LogP contribution in [0.15, 0.2) is 39.6 Å². The average molecular weight is 352 g/mol. The van der Waals surface area contributed by atoms with E-state index in [0.29, 0.717) is 22.5 Å². The van der Waals surface area contributed by atoms with Gasteiger partial charge >= 0.3 is 5.97 Å². The van der Waals surface area contributed by atoms with Crippen LogP contribution in [0.1, 0.15) is 20.7 Å². The van der Waals surface area contributed by atoms with Crippen molar-refractivity contribution in [3.8, 4) is 5.75 Å². The summed E-state index contributed by atoms with van der Waals surface area (Å²) < 4.78 is 10.8. The second-order valence-electron chi connectivity index (χ2n) is 4.37. The number of carboxylic acid groups (broad SMARTS) is 1. The molecule has 1 aromatic heterocycles. The summed E-state index contributed by atoms with van der Waals surface area (Å²) in [5, 5.41) is 9.19. The van der Waals surface area contributed by atoms with Gasteiger partial charge in [-0.05, 0) is 34.1 Å². The lowest BCUT2D eigenvalue weighted by molar-refractivity contribution is 0.0690. The minimum Gasteiger partial charge on any atom is -0.489 e. The summed E-state index contributed by atoms with van der Waals surface area (Å²) in [5.74, 6) is -1.16. The normalized spacial score (nSPS) is 13.5. The topological polar surface area (TPSA) is 80.0 Å². The Morgan fingerprint density at radius 1 is 1.24 bits per heavy atom. The highest BCUT2D eigenvalue weighted by Crippen LogP contribution is 2.36. The summed E-state index contributed by atoms with van der Waals surface area (Å²) in [5.41, 5.74) is 0.860. The van der Waals surface area contributed by atoms with Crippen LogP contribution >= 0.6 is 15.9 Å². The summed E-state index contributed by atoms with van der Waals surface area (Å²) in [6.07, 6.45) is 1.41. The van der Waals surface area contributed by atoms with E-state index in [1.807, 2.05) is 0 Å². The maximum absolute atomic E-state index is 12.6. The van der Waals surface area contributed by atoms with E-state index in [4.69, 9.17) is 9.15 Å². The fourth-order valence-electron chi connectivity index (χ4n) is 2.22. The molecule has 21 heavy (non-hydrogen) atoms. The first-order valence-electron chi connectivity index (χ1n) is 6.13. The van der Waals surface area contributed by atoms with Gasteiger partial charge in [0.15, 0.2) is 10.4 Å². The minimum absolute atomic E-state index is 0.0382. The molecule has 0 radical (unpaired) electrons. The number of hydrogen-bond donors (Lipinski definition) is 1. The Bertz CT molecular complexity index is 724. The molecule has 1 amide bonds. The molecule has 0 atom stereocenters. The molecule has 7 heteroatoms. The minimum atomic E-state index is -1.09. The summed E-state index contributed by atoms with van der Waals surface area (Å²) in [6.45, 7) is 0.574. The van der Waals surface area contributed by atoms with E-state index < -0.39 is 5.97 Å². The number of amides is 1. The zero-order valence-electron chi connectivity index (χ0n) is 10.7. The molecule has 0 aliphatic carbocycles. The first-order chi connectivity index (χ1) is 10.1. The number of benzene rings is 1. The van der Waals surface area contributed by atoms with Gasteiger partial charge in [-0.15, -0.1) is 0 Å². The fraction of sp³-hybridized carbons (Fsp3) is 0.143. The summed E-state index contributed by atoms with van der Waals surface area (Å²) >= 11 is 3.17. The molecule has 0 saturated heterocycles. The first-order valence-corrected chi connectivity index (χ1v) is 6.93. The van der Waals surface area contributed by atoms with Gasteiger partial charge in [0.2, 0.25) is 0 Å². The van der Waals surface area contributed by atoms with Crippen LogP contribution in [0, 0.1) is 0 Å². The van der Waals surface area contributed by atoms with Gasteiger partial charge in [0.05, 0.1) is 24.1 Å². The number of halogens is 1. The number of fused-ring (bicyclic) bond motifs is 1. The molecule has 0 bridgehead atoms. The number of furan rings is 1. The van der Waals surface area contributed by atoms with Crippen molar-refractivity contribution in [2.45, 2.75) is 0 Å². The number of carbonyl (C=O) groups is 2. The smallest absolute Gasteiger partial charge is 0.339 e. The van der Waals surface area contributed by atoms with E-state index in [2.05, 4.69) is 15.9 Å². The van der Waals surface area contributed by atoms with Crippen molar-refractivity contribution >= 4 is 33.5 Å². The van der Waals surface area contributed by atoms with E-state index in [1.54, 1.807) is 18.2 Å². The number of carbonyl (C=O) groups excluding carboxylic acids is 1. The van der Waals surface area contributed by atoms with E-state index in [1.165, 1.54) is 17.2 Å². The number of ether oxygens (including phenoxy) is 1. The molecule has 0 fully saturated rings. The summed E-state index contributed by atoms with van der Waals surface area (Å²) in [4.78, 5) is 25.3. The lowest BCUT2D eigenvalue weighted by Crippen LogP contribution is -2.38. The van der Waals surface area contributed by atoms with Crippen molar-refractivity contribution < 1.29 is 23.8 Å². The first kappa shape index (κ1) is 13.7. The Morgan fingerprint density at radius 2 is 2.05 bits per heavy atom. The maximum Gasteiger partial charge on any atom is 0.339 e.